The lowest BCUT2D eigenvalue weighted by atomic mass is 10.0. The van der Waals surface area contributed by atoms with Crippen molar-refractivity contribution in [2.24, 2.45) is 5.73 Å². The number of ether oxygens (including phenoxy) is 1. The van der Waals surface area contributed by atoms with Gasteiger partial charge in [-0.3, -0.25) is 0 Å². The molecular formula is C6H15NO2. The van der Waals surface area contributed by atoms with E-state index in [0.717, 1.165) is 0 Å². The molecule has 56 valence electrons. The van der Waals surface area contributed by atoms with E-state index in [1.807, 2.05) is 0 Å². The van der Waals surface area contributed by atoms with Crippen molar-refractivity contribution in [3.63, 3.8) is 0 Å². The number of nitrogens with two attached hydrogens (primary N) is 1. The summed E-state index contributed by atoms with van der Waals surface area (Å²) in [7, 11) is 1.54. The summed E-state index contributed by atoms with van der Waals surface area (Å²) in [5.74, 6) is 0. The maximum absolute atomic E-state index is 9.07. The summed E-state index contributed by atoms with van der Waals surface area (Å²) in [6, 6.07) is 0. The largest absolute Gasteiger partial charge is 0.390 e. The van der Waals surface area contributed by atoms with E-state index >= 15 is 0 Å². The van der Waals surface area contributed by atoms with Crippen LogP contribution in [-0.2, 0) is 4.74 Å². The Bertz CT molecular complexity index is 79.1. The molecule has 3 nitrogen and oxygen atoms in total. The van der Waals surface area contributed by atoms with Gasteiger partial charge in [-0.1, -0.05) is 0 Å². The van der Waals surface area contributed by atoms with Crippen LogP contribution < -0.4 is 5.73 Å². The molecule has 9 heavy (non-hydrogen) atoms. The lowest BCUT2D eigenvalue weighted by Crippen LogP contribution is -2.46. The molecule has 0 saturated carbocycles. The van der Waals surface area contributed by atoms with E-state index in [2.05, 4.69) is 0 Å². The predicted molar refractivity (Wildman–Crippen MR) is 36.1 cm³/mol. The lowest BCUT2D eigenvalue weighted by Gasteiger charge is -2.29. The molecule has 0 aromatic rings. The second-order valence-electron chi connectivity index (χ2n) is 2.40. The second-order valence-corrected chi connectivity index (χ2v) is 2.40. The number of hydrogen-bond donors (Lipinski definition) is 2. The Morgan fingerprint density at radius 3 is 2.22 bits per heavy atom. The Morgan fingerprint density at radius 1 is 1.78 bits per heavy atom. The van der Waals surface area contributed by atoms with Gasteiger partial charge in [0.1, 0.15) is 5.60 Å². The molecule has 0 heterocycles. The van der Waals surface area contributed by atoms with E-state index in [-0.39, 0.29) is 0 Å². The summed E-state index contributed by atoms with van der Waals surface area (Å²) in [5.41, 5.74) is 4.75. The van der Waals surface area contributed by atoms with Crippen LogP contribution in [0, 0.1) is 0 Å². The van der Waals surface area contributed by atoms with Crippen molar-refractivity contribution < 1.29 is 9.84 Å². The van der Waals surface area contributed by atoms with Gasteiger partial charge >= 0.3 is 0 Å². The normalized spacial score (nSPS) is 21.0. The standard InChI is InChI=1S/C6H15NO2/c1-5(8)6(2,4-7)9-3/h5,8H,4,7H2,1-3H3/t5-,6+/m1/s1. The third-order valence-corrected chi connectivity index (χ3v) is 1.76. The third kappa shape index (κ3) is 1.93. The third-order valence-electron chi connectivity index (χ3n) is 1.76. The minimum atomic E-state index is -0.583. The van der Waals surface area contributed by atoms with Gasteiger partial charge in [0.25, 0.3) is 0 Å². The van der Waals surface area contributed by atoms with Gasteiger partial charge in [0.2, 0.25) is 0 Å². The van der Waals surface area contributed by atoms with Gasteiger partial charge in [-0.05, 0) is 13.8 Å². The Balaban J connectivity index is 3.92. The zero-order valence-electron chi connectivity index (χ0n) is 6.22. The van der Waals surface area contributed by atoms with Crippen LogP contribution in [0.4, 0.5) is 0 Å². The zero-order valence-corrected chi connectivity index (χ0v) is 6.22. The molecule has 0 bridgehead atoms. The van der Waals surface area contributed by atoms with Gasteiger partial charge in [-0.25, -0.2) is 0 Å². The highest BCUT2D eigenvalue weighted by molar-refractivity contribution is 4.81. The molecule has 2 atom stereocenters. The summed E-state index contributed by atoms with van der Waals surface area (Å²) in [4.78, 5) is 0. The van der Waals surface area contributed by atoms with Crippen LogP contribution in [0.5, 0.6) is 0 Å². The molecule has 0 aliphatic rings. The van der Waals surface area contributed by atoms with Gasteiger partial charge in [0, 0.05) is 13.7 Å². The van der Waals surface area contributed by atoms with Crippen molar-refractivity contribution >= 4 is 0 Å². The van der Waals surface area contributed by atoms with E-state index in [1.54, 1.807) is 21.0 Å². The molecule has 0 amide bonds. The van der Waals surface area contributed by atoms with E-state index in [0.29, 0.717) is 6.54 Å². The first kappa shape index (κ1) is 8.88. The summed E-state index contributed by atoms with van der Waals surface area (Å²) in [5, 5.41) is 9.07. The van der Waals surface area contributed by atoms with Crippen LogP contribution in [0.2, 0.25) is 0 Å². The highest BCUT2D eigenvalue weighted by Gasteiger charge is 2.27. The van der Waals surface area contributed by atoms with Crippen molar-refractivity contribution in [1.82, 2.24) is 0 Å². The van der Waals surface area contributed by atoms with Gasteiger partial charge < -0.3 is 15.6 Å². The second kappa shape index (κ2) is 3.15. The topological polar surface area (TPSA) is 55.5 Å². The zero-order chi connectivity index (χ0) is 7.49. The molecule has 0 aliphatic heterocycles. The SMILES string of the molecule is CO[C@@](C)(CN)[C@@H](C)O. The molecule has 0 rings (SSSR count). The van der Waals surface area contributed by atoms with Crippen LogP contribution >= 0.6 is 0 Å². The Hall–Kier alpha value is -0.120. The molecule has 3 heteroatoms. The van der Waals surface area contributed by atoms with Gasteiger partial charge in [0.05, 0.1) is 6.10 Å². The molecule has 0 spiro atoms. The highest BCUT2D eigenvalue weighted by Crippen LogP contribution is 2.11. The summed E-state index contributed by atoms with van der Waals surface area (Å²) < 4.78 is 4.97. The van der Waals surface area contributed by atoms with Gasteiger partial charge in [-0.15, -0.1) is 0 Å². The van der Waals surface area contributed by atoms with Crippen LogP contribution in [0.25, 0.3) is 0 Å². The van der Waals surface area contributed by atoms with E-state index in [1.165, 1.54) is 0 Å². The minimum absolute atomic E-state index is 0.334. The molecule has 3 N–H and O–H groups in total. The summed E-state index contributed by atoms with van der Waals surface area (Å²) >= 11 is 0. The molecule has 0 radical (unpaired) electrons. The van der Waals surface area contributed by atoms with Crippen LogP contribution in [0.15, 0.2) is 0 Å². The Labute approximate surface area is 55.8 Å². The molecule has 0 aromatic heterocycles. The number of aliphatic hydroxyl groups is 1. The van der Waals surface area contributed by atoms with Crippen molar-refractivity contribution in [2.75, 3.05) is 13.7 Å². The maximum atomic E-state index is 9.07. The first-order chi connectivity index (χ1) is 4.06. The fraction of sp³-hybridized carbons (Fsp3) is 1.00. The first-order valence-electron chi connectivity index (χ1n) is 3.00. The predicted octanol–water partition coefficient (Wildman–Crippen LogP) is -0.269. The van der Waals surface area contributed by atoms with E-state index in [9.17, 15) is 0 Å². The first-order valence-corrected chi connectivity index (χ1v) is 3.00. The number of aliphatic hydroxyl groups excluding tert-OH is 1. The molecule has 0 fully saturated rings. The Kier molecular flexibility index (Phi) is 3.11. The molecule has 0 unspecified atom stereocenters. The van der Waals surface area contributed by atoms with Crippen LogP contribution in [0.3, 0.4) is 0 Å². The maximum Gasteiger partial charge on any atom is 0.103 e. The molecule has 0 aliphatic carbocycles. The van der Waals surface area contributed by atoms with Crippen molar-refractivity contribution in [3.8, 4) is 0 Å². The number of hydrogen-bond acceptors (Lipinski definition) is 3. The van der Waals surface area contributed by atoms with E-state index < -0.39 is 11.7 Å². The lowest BCUT2D eigenvalue weighted by molar-refractivity contribution is -0.0751. The smallest absolute Gasteiger partial charge is 0.103 e. The van der Waals surface area contributed by atoms with Crippen molar-refractivity contribution in [2.45, 2.75) is 25.6 Å². The minimum Gasteiger partial charge on any atom is -0.390 e. The van der Waals surface area contributed by atoms with Crippen LogP contribution in [-0.4, -0.2) is 30.5 Å². The average molecular weight is 133 g/mol. The monoisotopic (exact) mass is 133 g/mol. The quantitative estimate of drug-likeness (QED) is 0.557. The molecule has 0 saturated heterocycles. The fourth-order valence-electron chi connectivity index (χ4n) is 0.424. The van der Waals surface area contributed by atoms with E-state index in [4.69, 9.17) is 15.6 Å². The highest BCUT2D eigenvalue weighted by atomic mass is 16.5. The van der Waals surface area contributed by atoms with Crippen LogP contribution in [0.1, 0.15) is 13.8 Å². The number of rotatable bonds is 3. The average Bonchev–Trinajstić information content (AvgIpc) is 1.86. The van der Waals surface area contributed by atoms with Gasteiger partial charge in [-0.2, -0.15) is 0 Å². The summed E-state index contributed by atoms with van der Waals surface area (Å²) in [6.07, 6.45) is -0.521. The fourth-order valence-corrected chi connectivity index (χ4v) is 0.424. The number of methoxy groups -OCH3 is 1. The molecule has 0 aromatic carbocycles. The Morgan fingerprint density at radius 2 is 2.22 bits per heavy atom. The van der Waals surface area contributed by atoms with Crippen molar-refractivity contribution in [3.05, 3.63) is 0 Å². The molecular weight excluding hydrogens is 118 g/mol. The summed E-state index contributed by atoms with van der Waals surface area (Å²) in [6.45, 7) is 3.77. The van der Waals surface area contributed by atoms with Gasteiger partial charge in [0.15, 0.2) is 0 Å². The van der Waals surface area contributed by atoms with Crippen molar-refractivity contribution in [1.29, 1.82) is 0 Å².